The Balaban J connectivity index is 2.40. The number of nitrogens with zero attached hydrogens (tertiary/aromatic N) is 3. The summed E-state index contributed by atoms with van der Waals surface area (Å²) in [6.45, 7) is 1.86. The van der Waals surface area contributed by atoms with Gasteiger partial charge in [0.2, 0.25) is 5.82 Å². The fourth-order valence-corrected chi connectivity index (χ4v) is 3.32. The standard InChI is InChI=1S/C15H10ClN5OS/c1-6-4-7(2-3-8(6)16)12-10-11(18)13(14(19)22)23-15(10)21-9(5-17)20-12/h2-4H,18H2,1H3,(H2,19,22). The summed E-state index contributed by atoms with van der Waals surface area (Å²) in [5, 5.41) is 10.3. The number of carbonyl (C=O) groups is 1. The van der Waals surface area contributed by atoms with Crippen molar-refractivity contribution in [1.29, 1.82) is 5.26 Å². The Morgan fingerprint density at radius 3 is 2.74 bits per heavy atom. The molecule has 23 heavy (non-hydrogen) atoms. The summed E-state index contributed by atoms with van der Waals surface area (Å²) in [7, 11) is 0. The van der Waals surface area contributed by atoms with Crippen LogP contribution in [0.25, 0.3) is 21.5 Å². The second-order valence-corrected chi connectivity index (χ2v) is 6.27. The van der Waals surface area contributed by atoms with Gasteiger partial charge in [0.15, 0.2) is 0 Å². The molecule has 2 aromatic heterocycles. The highest BCUT2D eigenvalue weighted by Crippen LogP contribution is 2.38. The van der Waals surface area contributed by atoms with Gasteiger partial charge in [0.25, 0.3) is 5.91 Å². The molecule has 0 aliphatic heterocycles. The molecule has 0 atom stereocenters. The summed E-state index contributed by atoms with van der Waals surface area (Å²) in [5.41, 5.74) is 13.7. The van der Waals surface area contributed by atoms with E-state index in [4.69, 9.17) is 28.3 Å². The van der Waals surface area contributed by atoms with Gasteiger partial charge in [-0.2, -0.15) is 5.26 Å². The lowest BCUT2D eigenvalue weighted by Gasteiger charge is -2.06. The van der Waals surface area contributed by atoms with Gasteiger partial charge in [-0.3, -0.25) is 4.79 Å². The van der Waals surface area contributed by atoms with E-state index < -0.39 is 5.91 Å². The summed E-state index contributed by atoms with van der Waals surface area (Å²) in [5.74, 6) is -0.639. The summed E-state index contributed by atoms with van der Waals surface area (Å²) >= 11 is 7.10. The number of nitrogens with two attached hydrogens (primary N) is 2. The Hall–Kier alpha value is -2.69. The van der Waals surface area contributed by atoms with E-state index in [1.54, 1.807) is 12.1 Å². The van der Waals surface area contributed by atoms with Crippen molar-refractivity contribution in [2.24, 2.45) is 5.73 Å². The van der Waals surface area contributed by atoms with Gasteiger partial charge in [-0.15, -0.1) is 11.3 Å². The fourth-order valence-electron chi connectivity index (χ4n) is 2.26. The van der Waals surface area contributed by atoms with Crippen molar-refractivity contribution in [1.82, 2.24) is 9.97 Å². The highest BCUT2D eigenvalue weighted by molar-refractivity contribution is 7.21. The molecule has 8 heteroatoms. The Morgan fingerprint density at radius 1 is 1.39 bits per heavy atom. The van der Waals surface area contributed by atoms with Gasteiger partial charge in [-0.1, -0.05) is 17.7 Å². The summed E-state index contributed by atoms with van der Waals surface area (Å²) in [6, 6.07) is 7.27. The number of primary amides is 1. The van der Waals surface area contributed by atoms with Gasteiger partial charge in [-0.25, -0.2) is 9.97 Å². The van der Waals surface area contributed by atoms with Crippen molar-refractivity contribution in [3.05, 3.63) is 39.5 Å². The van der Waals surface area contributed by atoms with Crippen molar-refractivity contribution >= 4 is 44.7 Å². The Kier molecular flexibility index (Phi) is 3.64. The molecule has 1 amide bonds. The number of fused-ring (bicyclic) bond motifs is 1. The quantitative estimate of drug-likeness (QED) is 0.741. The van der Waals surface area contributed by atoms with Crippen LogP contribution >= 0.6 is 22.9 Å². The third-order valence-corrected chi connectivity index (χ3v) is 4.88. The second kappa shape index (κ2) is 5.50. The van der Waals surface area contributed by atoms with E-state index in [2.05, 4.69) is 9.97 Å². The van der Waals surface area contributed by atoms with Crippen LogP contribution in [0, 0.1) is 18.3 Å². The molecule has 0 saturated heterocycles. The molecule has 0 unspecified atom stereocenters. The second-order valence-electron chi connectivity index (χ2n) is 4.86. The van der Waals surface area contributed by atoms with Crippen LogP contribution in [-0.4, -0.2) is 15.9 Å². The maximum atomic E-state index is 11.5. The lowest BCUT2D eigenvalue weighted by Crippen LogP contribution is -2.10. The molecule has 3 aromatic rings. The molecule has 2 heterocycles. The molecular weight excluding hydrogens is 334 g/mol. The molecule has 114 valence electrons. The third-order valence-electron chi connectivity index (χ3n) is 3.34. The zero-order chi connectivity index (χ0) is 16.7. The molecule has 0 aliphatic rings. The maximum Gasteiger partial charge on any atom is 0.260 e. The van der Waals surface area contributed by atoms with Crippen LogP contribution < -0.4 is 11.5 Å². The molecule has 0 aliphatic carbocycles. The average molecular weight is 344 g/mol. The number of carbonyl (C=O) groups excluding carboxylic acids is 1. The largest absolute Gasteiger partial charge is 0.397 e. The van der Waals surface area contributed by atoms with E-state index >= 15 is 0 Å². The van der Waals surface area contributed by atoms with E-state index in [0.29, 0.717) is 20.9 Å². The van der Waals surface area contributed by atoms with Crippen molar-refractivity contribution in [2.75, 3.05) is 5.73 Å². The molecule has 0 saturated carbocycles. The van der Waals surface area contributed by atoms with Crippen molar-refractivity contribution in [3.8, 4) is 17.3 Å². The van der Waals surface area contributed by atoms with Crippen LogP contribution in [0.2, 0.25) is 5.02 Å². The van der Waals surface area contributed by atoms with Crippen LogP contribution in [0.3, 0.4) is 0 Å². The average Bonchev–Trinajstić information content (AvgIpc) is 2.86. The molecule has 0 spiro atoms. The van der Waals surface area contributed by atoms with Crippen molar-refractivity contribution in [2.45, 2.75) is 6.92 Å². The monoisotopic (exact) mass is 343 g/mol. The molecule has 3 rings (SSSR count). The normalized spacial score (nSPS) is 10.7. The molecule has 4 N–H and O–H groups in total. The van der Waals surface area contributed by atoms with Gasteiger partial charge in [-0.05, 0) is 24.6 Å². The first-order valence-electron chi connectivity index (χ1n) is 6.48. The number of anilines is 1. The first kappa shape index (κ1) is 15.2. The number of hydrogen-bond acceptors (Lipinski definition) is 6. The van der Waals surface area contributed by atoms with E-state index in [0.717, 1.165) is 22.5 Å². The Morgan fingerprint density at radius 2 is 2.13 bits per heavy atom. The number of nitriles is 1. The zero-order valence-corrected chi connectivity index (χ0v) is 13.5. The van der Waals surface area contributed by atoms with Gasteiger partial charge in [0.05, 0.1) is 16.8 Å². The van der Waals surface area contributed by atoms with Crippen LogP contribution in [-0.2, 0) is 0 Å². The topological polar surface area (TPSA) is 119 Å². The SMILES string of the molecule is Cc1cc(-c2nc(C#N)nc3sc(C(N)=O)c(N)c23)ccc1Cl. The minimum Gasteiger partial charge on any atom is -0.397 e. The fraction of sp³-hybridized carbons (Fsp3) is 0.0667. The molecule has 6 nitrogen and oxygen atoms in total. The number of nitrogen functional groups attached to an aromatic ring is 1. The Bertz CT molecular complexity index is 1010. The number of aryl methyl sites for hydroxylation is 1. The number of benzene rings is 1. The van der Waals surface area contributed by atoms with Crippen molar-refractivity contribution < 1.29 is 4.79 Å². The molecule has 1 aromatic carbocycles. The lowest BCUT2D eigenvalue weighted by molar-refractivity contribution is 0.100. The first-order chi connectivity index (χ1) is 10.9. The minimum atomic E-state index is -0.637. The van der Waals surface area contributed by atoms with Crippen LogP contribution in [0.5, 0.6) is 0 Å². The highest BCUT2D eigenvalue weighted by Gasteiger charge is 2.21. The Labute approximate surface area is 140 Å². The number of halogens is 1. The van der Waals surface area contributed by atoms with Crippen LogP contribution in [0.4, 0.5) is 5.69 Å². The molecule has 0 radical (unpaired) electrons. The first-order valence-corrected chi connectivity index (χ1v) is 7.68. The van der Waals surface area contributed by atoms with E-state index in [1.807, 2.05) is 19.1 Å². The van der Waals surface area contributed by atoms with Gasteiger partial charge in [0, 0.05) is 10.6 Å². The van der Waals surface area contributed by atoms with E-state index in [9.17, 15) is 4.79 Å². The molecular formula is C15H10ClN5OS. The van der Waals surface area contributed by atoms with E-state index in [-0.39, 0.29) is 16.4 Å². The van der Waals surface area contributed by atoms with Crippen LogP contribution in [0.1, 0.15) is 21.1 Å². The number of thiophene rings is 1. The van der Waals surface area contributed by atoms with Gasteiger partial charge in [0.1, 0.15) is 15.8 Å². The van der Waals surface area contributed by atoms with Crippen molar-refractivity contribution in [3.63, 3.8) is 0 Å². The van der Waals surface area contributed by atoms with Gasteiger partial charge < -0.3 is 11.5 Å². The lowest BCUT2D eigenvalue weighted by atomic mass is 10.1. The summed E-state index contributed by atoms with van der Waals surface area (Å²) in [6.07, 6.45) is 0. The summed E-state index contributed by atoms with van der Waals surface area (Å²) < 4.78 is 0. The number of aromatic nitrogens is 2. The summed E-state index contributed by atoms with van der Waals surface area (Å²) in [4.78, 5) is 20.5. The zero-order valence-electron chi connectivity index (χ0n) is 11.9. The predicted molar refractivity (Wildman–Crippen MR) is 90.2 cm³/mol. The minimum absolute atomic E-state index is 0.00243. The van der Waals surface area contributed by atoms with Crippen LogP contribution in [0.15, 0.2) is 18.2 Å². The van der Waals surface area contributed by atoms with E-state index in [1.165, 1.54) is 0 Å². The molecule has 0 bridgehead atoms. The maximum absolute atomic E-state index is 11.5. The smallest absolute Gasteiger partial charge is 0.260 e. The highest BCUT2D eigenvalue weighted by atomic mass is 35.5. The molecule has 0 fully saturated rings. The predicted octanol–water partition coefficient (Wildman–Crippen LogP) is 2.87. The van der Waals surface area contributed by atoms with Gasteiger partial charge >= 0.3 is 0 Å². The number of rotatable bonds is 2. The number of hydrogen-bond donors (Lipinski definition) is 2. The number of amides is 1. The third kappa shape index (κ3) is 2.48.